The Morgan fingerprint density at radius 1 is 1.05 bits per heavy atom. The Morgan fingerprint density at radius 3 is 2.05 bits per heavy atom. The van der Waals surface area contributed by atoms with Crippen LogP contribution in [0.25, 0.3) is 0 Å². The fourth-order valence-corrected chi connectivity index (χ4v) is 3.31. The zero-order valence-corrected chi connectivity index (χ0v) is 15.2. The lowest BCUT2D eigenvalue weighted by molar-refractivity contribution is 0.00578. The van der Waals surface area contributed by atoms with Crippen molar-refractivity contribution in [1.29, 1.82) is 5.26 Å². The van der Waals surface area contributed by atoms with Crippen LogP contribution in [0.1, 0.15) is 38.1 Å². The summed E-state index contributed by atoms with van der Waals surface area (Å²) in [5.74, 6) is 0. The molecular formula is C16H20BNO2S2. The van der Waals surface area contributed by atoms with Crippen LogP contribution in [0.5, 0.6) is 0 Å². The van der Waals surface area contributed by atoms with Crippen LogP contribution >= 0.6 is 22.7 Å². The maximum atomic E-state index is 8.19. The summed E-state index contributed by atoms with van der Waals surface area (Å²) in [6, 6.07) is 7.79. The molecule has 2 aromatic rings. The Morgan fingerprint density at radius 2 is 1.68 bits per heavy atom. The number of aryl methyl sites for hydroxylation is 1. The largest absolute Gasteiger partial charge is 0.505 e. The molecule has 3 heterocycles. The molecule has 116 valence electrons. The van der Waals surface area contributed by atoms with Crippen molar-refractivity contribution >= 4 is 34.6 Å². The van der Waals surface area contributed by atoms with Gasteiger partial charge in [-0.25, -0.2) is 0 Å². The van der Waals surface area contributed by atoms with Gasteiger partial charge in [-0.2, -0.15) is 16.6 Å². The third-order valence-electron chi connectivity index (χ3n) is 4.00. The molecule has 0 N–H and O–H groups in total. The normalized spacial score (nSPS) is 18.5. The highest BCUT2D eigenvalue weighted by molar-refractivity contribution is 7.21. The summed E-state index contributed by atoms with van der Waals surface area (Å²) in [5.41, 5.74) is 0.765. The van der Waals surface area contributed by atoms with Gasteiger partial charge in [0, 0.05) is 4.78 Å². The minimum absolute atomic E-state index is 0.199. The summed E-state index contributed by atoms with van der Waals surface area (Å²) in [5, 5.41) is 12.2. The van der Waals surface area contributed by atoms with Crippen molar-refractivity contribution in [2.24, 2.45) is 0 Å². The van der Waals surface area contributed by atoms with Crippen LogP contribution in [-0.4, -0.2) is 18.3 Å². The highest BCUT2D eigenvalue weighted by atomic mass is 32.1. The maximum absolute atomic E-state index is 8.19. The molecule has 1 aliphatic heterocycles. The zero-order chi connectivity index (χ0) is 16.4. The molecule has 0 bridgehead atoms. The molecule has 0 saturated carbocycles. The molecule has 3 nitrogen and oxygen atoms in total. The highest BCUT2D eigenvalue weighted by Gasteiger charge is 2.52. The molecule has 1 aliphatic rings. The Kier molecular flexibility index (Phi) is 5.13. The average Bonchev–Trinajstić information content (AvgIpc) is 3.11. The highest BCUT2D eigenvalue weighted by Crippen LogP contribution is 2.37. The number of rotatable bonds is 1. The first-order chi connectivity index (χ1) is 10.3. The van der Waals surface area contributed by atoms with E-state index < -0.39 is 0 Å². The number of hydrogen-bond donors (Lipinski definition) is 0. The van der Waals surface area contributed by atoms with Gasteiger partial charge in [-0.05, 0) is 63.1 Å². The van der Waals surface area contributed by atoms with E-state index >= 15 is 0 Å². The van der Waals surface area contributed by atoms with Crippen LogP contribution in [0.2, 0.25) is 0 Å². The van der Waals surface area contributed by atoms with E-state index in [1.165, 1.54) is 21.7 Å². The van der Waals surface area contributed by atoms with Gasteiger partial charge in [-0.3, -0.25) is 0 Å². The first-order valence-corrected chi connectivity index (χ1v) is 8.86. The lowest BCUT2D eigenvalue weighted by Crippen LogP contribution is -2.41. The van der Waals surface area contributed by atoms with Crippen LogP contribution in [0.3, 0.4) is 0 Å². The first kappa shape index (κ1) is 17.2. The van der Waals surface area contributed by atoms with Gasteiger partial charge in [-0.15, -0.1) is 11.3 Å². The van der Waals surface area contributed by atoms with Gasteiger partial charge >= 0.3 is 7.12 Å². The number of nitriles is 1. The molecule has 1 fully saturated rings. The summed E-state index contributed by atoms with van der Waals surface area (Å²) in [7, 11) is -0.199. The quantitative estimate of drug-likeness (QED) is 0.742. The second-order valence-corrected chi connectivity index (χ2v) is 8.04. The summed E-state index contributed by atoms with van der Waals surface area (Å²) in [6.45, 7) is 10.4. The standard InChI is InChI=1S/C11H17BO2S.C5H3NS/c1-8-6-7-15-9(8)12-13-10(2,3)11(4,5)14-12;6-4-5-2-1-3-7-5/h6-7H,1-5H3;1-3H. The van der Waals surface area contributed by atoms with E-state index in [4.69, 9.17) is 14.6 Å². The number of thiophene rings is 2. The fourth-order valence-electron chi connectivity index (χ4n) is 1.92. The zero-order valence-electron chi connectivity index (χ0n) is 13.5. The SMILES string of the molecule is Cc1ccsc1B1OC(C)(C)C(C)(C)O1.N#Cc1cccs1. The van der Waals surface area contributed by atoms with Gasteiger partial charge in [0.15, 0.2) is 0 Å². The Labute approximate surface area is 140 Å². The Bertz CT molecular complexity index is 640. The molecule has 0 atom stereocenters. The Balaban J connectivity index is 0.000000211. The van der Waals surface area contributed by atoms with Crippen LogP contribution in [-0.2, 0) is 9.31 Å². The molecule has 6 heteroatoms. The van der Waals surface area contributed by atoms with E-state index in [1.807, 2.05) is 17.5 Å². The lowest BCUT2D eigenvalue weighted by Gasteiger charge is -2.32. The van der Waals surface area contributed by atoms with Crippen molar-refractivity contribution in [3.8, 4) is 6.07 Å². The van der Waals surface area contributed by atoms with Crippen LogP contribution < -0.4 is 4.78 Å². The summed E-state index contributed by atoms with van der Waals surface area (Å²) >= 11 is 3.16. The molecule has 0 aliphatic carbocycles. The van der Waals surface area contributed by atoms with Gasteiger partial charge < -0.3 is 9.31 Å². The van der Waals surface area contributed by atoms with Crippen molar-refractivity contribution in [1.82, 2.24) is 0 Å². The van der Waals surface area contributed by atoms with Crippen molar-refractivity contribution in [2.45, 2.75) is 45.8 Å². The summed E-state index contributed by atoms with van der Waals surface area (Å²) < 4.78 is 13.1. The van der Waals surface area contributed by atoms with E-state index in [1.54, 1.807) is 17.4 Å². The smallest absolute Gasteiger partial charge is 0.399 e. The van der Waals surface area contributed by atoms with Gasteiger partial charge in [0.25, 0.3) is 0 Å². The van der Waals surface area contributed by atoms with Crippen molar-refractivity contribution in [3.05, 3.63) is 39.4 Å². The summed E-state index contributed by atoms with van der Waals surface area (Å²) in [6.07, 6.45) is 0. The molecule has 0 radical (unpaired) electrons. The van der Waals surface area contributed by atoms with E-state index in [9.17, 15) is 0 Å². The topological polar surface area (TPSA) is 42.2 Å². The molecule has 0 unspecified atom stereocenters. The minimum atomic E-state index is -0.242. The Hall–Kier alpha value is -1.13. The fraction of sp³-hybridized carbons (Fsp3) is 0.438. The average molecular weight is 333 g/mol. The molecule has 0 aromatic carbocycles. The van der Waals surface area contributed by atoms with Crippen LogP contribution in [0.4, 0.5) is 0 Å². The van der Waals surface area contributed by atoms with E-state index in [-0.39, 0.29) is 18.3 Å². The number of nitrogens with zero attached hydrogens (tertiary/aromatic N) is 1. The second kappa shape index (κ2) is 6.55. The minimum Gasteiger partial charge on any atom is -0.399 e. The molecule has 0 spiro atoms. The molecule has 2 aromatic heterocycles. The molecule has 3 rings (SSSR count). The van der Waals surface area contributed by atoms with E-state index in [0.29, 0.717) is 0 Å². The third-order valence-corrected chi connectivity index (χ3v) is 5.82. The van der Waals surface area contributed by atoms with Gasteiger partial charge in [-0.1, -0.05) is 6.07 Å². The maximum Gasteiger partial charge on any atom is 0.505 e. The molecule has 1 saturated heterocycles. The van der Waals surface area contributed by atoms with Crippen molar-refractivity contribution in [3.63, 3.8) is 0 Å². The summed E-state index contributed by atoms with van der Waals surface area (Å²) in [4.78, 5) is 0.778. The van der Waals surface area contributed by atoms with Crippen LogP contribution in [0, 0.1) is 18.3 Å². The predicted molar refractivity (Wildman–Crippen MR) is 93.8 cm³/mol. The second-order valence-electron chi connectivity index (χ2n) is 6.15. The van der Waals surface area contributed by atoms with Gasteiger partial charge in [0.05, 0.1) is 11.2 Å². The van der Waals surface area contributed by atoms with E-state index in [0.717, 1.165) is 4.88 Å². The molecular weight excluding hydrogens is 313 g/mol. The van der Waals surface area contributed by atoms with Gasteiger partial charge in [0.1, 0.15) is 10.9 Å². The van der Waals surface area contributed by atoms with Crippen molar-refractivity contribution < 1.29 is 9.31 Å². The molecule has 22 heavy (non-hydrogen) atoms. The van der Waals surface area contributed by atoms with Crippen LogP contribution in [0.15, 0.2) is 29.0 Å². The predicted octanol–water partition coefficient (Wildman–Crippen LogP) is 3.98. The number of hydrogen-bond acceptors (Lipinski definition) is 5. The lowest BCUT2D eigenvalue weighted by atomic mass is 9.85. The van der Waals surface area contributed by atoms with E-state index in [2.05, 4.69) is 46.1 Å². The monoisotopic (exact) mass is 333 g/mol. The van der Waals surface area contributed by atoms with Gasteiger partial charge in [0.2, 0.25) is 0 Å². The third kappa shape index (κ3) is 3.61. The molecule has 0 amide bonds. The first-order valence-electron chi connectivity index (χ1n) is 7.10. The van der Waals surface area contributed by atoms with Crippen molar-refractivity contribution in [2.75, 3.05) is 0 Å².